The van der Waals surface area contributed by atoms with Crippen LogP contribution in [0.2, 0.25) is 5.02 Å². The topological polar surface area (TPSA) is 32.5 Å². The van der Waals surface area contributed by atoms with Crippen molar-refractivity contribution < 1.29 is 0 Å². The van der Waals surface area contributed by atoms with Crippen LogP contribution in [0.1, 0.15) is 25.3 Å². The van der Waals surface area contributed by atoms with Crippen LogP contribution in [0, 0.1) is 0 Å². The van der Waals surface area contributed by atoms with Crippen LogP contribution in [0.25, 0.3) is 0 Å². The second-order valence-electron chi connectivity index (χ2n) is 5.46. The van der Waals surface area contributed by atoms with Crippen molar-refractivity contribution in [2.75, 3.05) is 32.4 Å². The summed E-state index contributed by atoms with van der Waals surface area (Å²) in [5.41, 5.74) is 7.95. The number of likely N-dealkylation sites (N-methyl/N-ethyl adjacent to an activating group) is 2. The van der Waals surface area contributed by atoms with E-state index in [1.165, 1.54) is 19.4 Å². The molecule has 0 spiro atoms. The van der Waals surface area contributed by atoms with Crippen molar-refractivity contribution in [1.29, 1.82) is 0 Å². The molecule has 1 aromatic rings. The Morgan fingerprint density at radius 2 is 2.26 bits per heavy atom. The second kappa shape index (κ2) is 6.60. The van der Waals surface area contributed by atoms with Gasteiger partial charge in [0.2, 0.25) is 0 Å². The predicted octanol–water partition coefficient (Wildman–Crippen LogP) is 2.84. The summed E-state index contributed by atoms with van der Waals surface area (Å²) in [4.78, 5) is 4.92. The average molecular weight is 282 g/mol. The molecule has 3 nitrogen and oxygen atoms in total. The van der Waals surface area contributed by atoms with Crippen molar-refractivity contribution in [2.45, 2.75) is 32.4 Å². The third-order valence-corrected chi connectivity index (χ3v) is 4.21. The minimum Gasteiger partial charge on any atom is -0.398 e. The van der Waals surface area contributed by atoms with Crippen molar-refractivity contribution in [1.82, 2.24) is 9.80 Å². The molecule has 1 unspecified atom stereocenters. The quantitative estimate of drug-likeness (QED) is 0.843. The standard InChI is InChI=1S/C15H24ClN3/c1-3-19-8-4-5-14(19)11-18(2)10-12-9-13(16)6-7-15(12)17/h6-7,9,14H,3-5,8,10-11,17H2,1-2H3. The zero-order valence-electron chi connectivity index (χ0n) is 11.9. The number of halogens is 1. The smallest absolute Gasteiger partial charge is 0.0410 e. The minimum absolute atomic E-state index is 0.690. The van der Waals surface area contributed by atoms with E-state index in [1.807, 2.05) is 18.2 Å². The van der Waals surface area contributed by atoms with Crippen LogP contribution in [0.15, 0.2) is 18.2 Å². The number of hydrogen-bond acceptors (Lipinski definition) is 3. The van der Waals surface area contributed by atoms with E-state index >= 15 is 0 Å². The van der Waals surface area contributed by atoms with Gasteiger partial charge in [-0.05, 0) is 56.7 Å². The summed E-state index contributed by atoms with van der Waals surface area (Å²) in [7, 11) is 2.16. The van der Waals surface area contributed by atoms with E-state index < -0.39 is 0 Å². The van der Waals surface area contributed by atoms with Crippen LogP contribution in [-0.2, 0) is 6.54 Å². The van der Waals surface area contributed by atoms with E-state index in [2.05, 4.69) is 23.8 Å². The highest BCUT2D eigenvalue weighted by molar-refractivity contribution is 6.30. The predicted molar refractivity (Wildman–Crippen MR) is 82.5 cm³/mol. The molecule has 1 fully saturated rings. The van der Waals surface area contributed by atoms with Crippen LogP contribution in [-0.4, -0.2) is 42.5 Å². The van der Waals surface area contributed by atoms with Crippen LogP contribution < -0.4 is 5.73 Å². The first-order chi connectivity index (χ1) is 9.10. The third-order valence-electron chi connectivity index (χ3n) is 3.97. The molecule has 0 aromatic heterocycles. The van der Waals surface area contributed by atoms with Gasteiger partial charge in [0.15, 0.2) is 0 Å². The summed E-state index contributed by atoms with van der Waals surface area (Å²) >= 11 is 6.03. The maximum Gasteiger partial charge on any atom is 0.0410 e. The summed E-state index contributed by atoms with van der Waals surface area (Å²) in [6.45, 7) is 6.60. The molecule has 2 N–H and O–H groups in total. The van der Waals surface area contributed by atoms with Gasteiger partial charge in [0.25, 0.3) is 0 Å². The molecule has 106 valence electrons. The van der Waals surface area contributed by atoms with Crippen LogP contribution in [0.4, 0.5) is 5.69 Å². The zero-order chi connectivity index (χ0) is 13.8. The molecule has 1 atom stereocenters. The summed E-state index contributed by atoms with van der Waals surface area (Å²) < 4.78 is 0. The molecule has 1 aliphatic rings. The molecule has 0 aliphatic carbocycles. The van der Waals surface area contributed by atoms with Gasteiger partial charge in [0.1, 0.15) is 0 Å². The highest BCUT2D eigenvalue weighted by atomic mass is 35.5. The van der Waals surface area contributed by atoms with Gasteiger partial charge < -0.3 is 10.6 Å². The highest BCUT2D eigenvalue weighted by Crippen LogP contribution is 2.21. The molecule has 4 heteroatoms. The molecular formula is C15H24ClN3. The van der Waals surface area contributed by atoms with Gasteiger partial charge in [-0.1, -0.05) is 18.5 Å². The maximum atomic E-state index is 6.03. The van der Waals surface area contributed by atoms with Crippen molar-refractivity contribution in [2.24, 2.45) is 0 Å². The molecule has 1 saturated heterocycles. The fraction of sp³-hybridized carbons (Fsp3) is 0.600. The lowest BCUT2D eigenvalue weighted by Crippen LogP contribution is -2.38. The molecule has 1 aromatic carbocycles. The Morgan fingerprint density at radius 3 is 3.00 bits per heavy atom. The number of rotatable bonds is 5. The van der Waals surface area contributed by atoms with Gasteiger partial charge in [-0.3, -0.25) is 4.90 Å². The number of benzene rings is 1. The maximum absolute atomic E-state index is 6.03. The van der Waals surface area contributed by atoms with Crippen molar-refractivity contribution >= 4 is 17.3 Å². The number of hydrogen-bond donors (Lipinski definition) is 1. The Balaban J connectivity index is 1.93. The van der Waals surface area contributed by atoms with Crippen molar-refractivity contribution in [3.8, 4) is 0 Å². The van der Waals surface area contributed by atoms with Crippen molar-refractivity contribution in [3.63, 3.8) is 0 Å². The fourth-order valence-electron chi connectivity index (χ4n) is 2.94. The second-order valence-corrected chi connectivity index (χ2v) is 5.90. The monoisotopic (exact) mass is 281 g/mol. The lowest BCUT2D eigenvalue weighted by molar-refractivity contribution is 0.195. The summed E-state index contributed by atoms with van der Waals surface area (Å²) in [6, 6.07) is 6.39. The molecule has 0 saturated carbocycles. The van der Waals surface area contributed by atoms with Crippen LogP contribution in [0.5, 0.6) is 0 Å². The lowest BCUT2D eigenvalue weighted by Gasteiger charge is -2.28. The summed E-state index contributed by atoms with van der Waals surface area (Å²) in [6.07, 6.45) is 2.63. The van der Waals surface area contributed by atoms with E-state index in [1.54, 1.807) is 0 Å². The molecule has 19 heavy (non-hydrogen) atoms. The summed E-state index contributed by atoms with van der Waals surface area (Å²) in [5.74, 6) is 0. The van der Waals surface area contributed by atoms with E-state index in [9.17, 15) is 0 Å². The SMILES string of the molecule is CCN1CCCC1CN(C)Cc1cc(Cl)ccc1N. The Labute approximate surface area is 121 Å². The Bertz CT molecular complexity index is 422. The third kappa shape index (κ3) is 3.85. The molecule has 1 heterocycles. The lowest BCUT2D eigenvalue weighted by atomic mass is 10.1. The Kier molecular flexibility index (Phi) is 5.08. The highest BCUT2D eigenvalue weighted by Gasteiger charge is 2.24. The summed E-state index contributed by atoms with van der Waals surface area (Å²) in [5, 5.41) is 0.758. The first kappa shape index (κ1) is 14.6. The Morgan fingerprint density at radius 1 is 1.47 bits per heavy atom. The zero-order valence-corrected chi connectivity index (χ0v) is 12.7. The fourth-order valence-corrected chi connectivity index (χ4v) is 3.14. The van der Waals surface area contributed by atoms with Gasteiger partial charge in [0, 0.05) is 29.8 Å². The van der Waals surface area contributed by atoms with Gasteiger partial charge in [0.05, 0.1) is 0 Å². The van der Waals surface area contributed by atoms with E-state index in [0.717, 1.165) is 35.9 Å². The average Bonchev–Trinajstić information content (AvgIpc) is 2.81. The van der Waals surface area contributed by atoms with E-state index in [0.29, 0.717) is 6.04 Å². The molecular weight excluding hydrogens is 258 g/mol. The molecule has 2 rings (SSSR count). The number of anilines is 1. The van der Waals surface area contributed by atoms with E-state index in [-0.39, 0.29) is 0 Å². The molecule has 0 amide bonds. The van der Waals surface area contributed by atoms with Gasteiger partial charge in [-0.15, -0.1) is 0 Å². The molecule has 0 radical (unpaired) electrons. The van der Waals surface area contributed by atoms with Gasteiger partial charge in [-0.2, -0.15) is 0 Å². The number of nitrogens with two attached hydrogens (primary N) is 1. The Hall–Kier alpha value is -0.770. The van der Waals surface area contributed by atoms with Crippen LogP contribution in [0.3, 0.4) is 0 Å². The van der Waals surface area contributed by atoms with Gasteiger partial charge in [-0.25, -0.2) is 0 Å². The number of nitrogens with zero attached hydrogens (tertiary/aromatic N) is 2. The normalized spacial score (nSPS) is 20.3. The first-order valence-corrected chi connectivity index (χ1v) is 7.44. The number of nitrogen functional groups attached to an aromatic ring is 1. The van der Waals surface area contributed by atoms with Gasteiger partial charge >= 0.3 is 0 Å². The largest absolute Gasteiger partial charge is 0.398 e. The molecule has 1 aliphatic heterocycles. The van der Waals surface area contributed by atoms with Crippen molar-refractivity contribution in [3.05, 3.63) is 28.8 Å². The molecule has 0 bridgehead atoms. The first-order valence-electron chi connectivity index (χ1n) is 7.06. The van der Waals surface area contributed by atoms with E-state index in [4.69, 9.17) is 17.3 Å². The number of likely N-dealkylation sites (tertiary alicyclic amines) is 1. The van der Waals surface area contributed by atoms with Crippen LogP contribution >= 0.6 is 11.6 Å². The minimum atomic E-state index is 0.690.